The van der Waals surface area contributed by atoms with E-state index in [1.807, 2.05) is 6.07 Å². The molecule has 1 unspecified atom stereocenters. The Hall–Kier alpha value is -2.09. The number of aliphatic carboxylic acids is 1. The minimum absolute atomic E-state index is 0.210. The normalized spacial score (nSPS) is 19.2. The average molecular weight is 252 g/mol. The Morgan fingerprint density at radius 2 is 1.89 bits per heavy atom. The van der Waals surface area contributed by atoms with Gasteiger partial charge in [0.2, 0.25) is 0 Å². The van der Waals surface area contributed by atoms with Crippen LogP contribution in [0.25, 0.3) is 16.3 Å². The van der Waals surface area contributed by atoms with Crippen molar-refractivity contribution in [3.8, 4) is 0 Å². The topological polar surface area (TPSA) is 37.3 Å². The second-order valence-electron chi connectivity index (χ2n) is 5.07. The van der Waals surface area contributed by atoms with Crippen molar-refractivity contribution in [2.45, 2.75) is 19.3 Å². The fraction of sp³-hybridized carbons (Fsp3) is 0.235. The molecule has 2 heteroatoms. The minimum Gasteiger partial charge on any atom is -0.481 e. The Morgan fingerprint density at radius 1 is 1.11 bits per heavy atom. The van der Waals surface area contributed by atoms with Crippen molar-refractivity contribution in [2.75, 3.05) is 0 Å². The first kappa shape index (κ1) is 12.0. The number of carboxylic acid groups (broad SMARTS) is 1. The van der Waals surface area contributed by atoms with Crippen molar-refractivity contribution in [2.24, 2.45) is 5.92 Å². The van der Waals surface area contributed by atoms with Crippen LogP contribution in [0, 0.1) is 5.92 Å². The van der Waals surface area contributed by atoms with E-state index in [1.165, 1.54) is 21.9 Å². The summed E-state index contributed by atoms with van der Waals surface area (Å²) in [5.74, 6) is -0.882. The SMILES string of the molecule is O=C(O)C1CC=C(c2cccc3ccccc23)CC1. The van der Waals surface area contributed by atoms with Crippen LogP contribution in [0.1, 0.15) is 24.8 Å². The smallest absolute Gasteiger partial charge is 0.306 e. The monoisotopic (exact) mass is 252 g/mol. The van der Waals surface area contributed by atoms with Crippen LogP contribution in [0.2, 0.25) is 0 Å². The standard InChI is InChI=1S/C17H16O2/c18-17(19)14-10-8-13(9-11-14)16-7-3-5-12-4-1-2-6-15(12)16/h1-8,14H,9-11H2,(H,18,19). The second-order valence-corrected chi connectivity index (χ2v) is 5.07. The number of benzene rings is 2. The van der Waals surface area contributed by atoms with Crippen molar-refractivity contribution in [3.63, 3.8) is 0 Å². The van der Waals surface area contributed by atoms with Crippen LogP contribution in [0.15, 0.2) is 48.5 Å². The largest absolute Gasteiger partial charge is 0.481 e. The third-order valence-electron chi connectivity index (χ3n) is 3.90. The van der Waals surface area contributed by atoms with Crippen LogP contribution in [-0.4, -0.2) is 11.1 Å². The molecule has 0 heterocycles. The van der Waals surface area contributed by atoms with Gasteiger partial charge in [-0.15, -0.1) is 0 Å². The maximum atomic E-state index is 11.0. The number of hydrogen-bond acceptors (Lipinski definition) is 1. The van der Waals surface area contributed by atoms with Crippen molar-refractivity contribution in [1.29, 1.82) is 0 Å². The third kappa shape index (κ3) is 2.26. The molecule has 2 nitrogen and oxygen atoms in total. The quantitative estimate of drug-likeness (QED) is 0.873. The summed E-state index contributed by atoms with van der Waals surface area (Å²) in [5, 5.41) is 11.5. The summed E-state index contributed by atoms with van der Waals surface area (Å²) in [6.45, 7) is 0. The molecule has 0 saturated carbocycles. The Balaban J connectivity index is 2.00. The first-order chi connectivity index (χ1) is 9.25. The lowest BCUT2D eigenvalue weighted by Gasteiger charge is -2.19. The van der Waals surface area contributed by atoms with Crippen LogP contribution in [0.4, 0.5) is 0 Å². The molecular weight excluding hydrogens is 236 g/mol. The van der Waals surface area contributed by atoms with Crippen molar-refractivity contribution in [3.05, 3.63) is 54.1 Å². The molecule has 96 valence electrons. The summed E-state index contributed by atoms with van der Waals surface area (Å²) < 4.78 is 0. The number of allylic oxidation sites excluding steroid dienone is 2. The first-order valence-corrected chi connectivity index (χ1v) is 6.65. The molecule has 3 rings (SSSR count). The van der Waals surface area contributed by atoms with Crippen LogP contribution >= 0.6 is 0 Å². The van der Waals surface area contributed by atoms with E-state index in [0.29, 0.717) is 6.42 Å². The number of fused-ring (bicyclic) bond motifs is 1. The highest BCUT2D eigenvalue weighted by Gasteiger charge is 2.21. The number of carboxylic acids is 1. The van der Waals surface area contributed by atoms with Gasteiger partial charge in [-0.2, -0.15) is 0 Å². The zero-order valence-electron chi connectivity index (χ0n) is 10.7. The molecule has 2 aromatic rings. The lowest BCUT2D eigenvalue weighted by molar-refractivity contribution is -0.141. The molecule has 0 saturated heterocycles. The van der Waals surface area contributed by atoms with Crippen molar-refractivity contribution >= 4 is 22.3 Å². The van der Waals surface area contributed by atoms with E-state index in [0.717, 1.165) is 12.8 Å². The van der Waals surface area contributed by atoms with Gasteiger partial charge in [0.15, 0.2) is 0 Å². The Bertz CT molecular complexity index is 650. The molecule has 1 N–H and O–H groups in total. The molecule has 0 radical (unpaired) electrons. The molecule has 0 aromatic heterocycles. The lowest BCUT2D eigenvalue weighted by Crippen LogP contribution is -2.15. The predicted molar refractivity (Wildman–Crippen MR) is 76.9 cm³/mol. The van der Waals surface area contributed by atoms with Crippen LogP contribution < -0.4 is 0 Å². The van der Waals surface area contributed by atoms with Crippen LogP contribution in [-0.2, 0) is 4.79 Å². The molecule has 0 spiro atoms. The van der Waals surface area contributed by atoms with Crippen molar-refractivity contribution < 1.29 is 9.90 Å². The summed E-state index contributed by atoms with van der Waals surface area (Å²) in [4.78, 5) is 11.0. The molecule has 19 heavy (non-hydrogen) atoms. The number of hydrogen-bond donors (Lipinski definition) is 1. The highest BCUT2D eigenvalue weighted by Crippen LogP contribution is 2.33. The van der Waals surface area contributed by atoms with Gasteiger partial charge in [0.25, 0.3) is 0 Å². The van der Waals surface area contributed by atoms with Gasteiger partial charge in [0, 0.05) is 0 Å². The molecule has 0 aliphatic heterocycles. The van der Waals surface area contributed by atoms with Crippen LogP contribution in [0.5, 0.6) is 0 Å². The van der Waals surface area contributed by atoms with Gasteiger partial charge in [-0.25, -0.2) is 0 Å². The number of carbonyl (C=O) groups is 1. The van der Waals surface area contributed by atoms with Gasteiger partial charge in [-0.3, -0.25) is 4.79 Å². The molecule has 0 fully saturated rings. The Kier molecular flexibility index (Phi) is 3.08. The van der Waals surface area contributed by atoms with Gasteiger partial charge in [-0.1, -0.05) is 48.5 Å². The van der Waals surface area contributed by atoms with Crippen LogP contribution in [0.3, 0.4) is 0 Å². The summed E-state index contributed by atoms with van der Waals surface area (Å²) >= 11 is 0. The zero-order chi connectivity index (χ0) is 13.2. The fourth-order valence-electron chi connectivity index (χ4n) is 2.81. The third-order valence-corrected chi connectivity index (χ3v) is 3.90. The summed E-state index contributed by atoms with van der Waals surface area (Å²) in [7, 11) is 0. The average Bonchev–Trinajstić information content (AvgIpc) is 2.47. The van der Waals surface area contributed by atoms with E-state index in [4.69, 9.17) is 5.11 Å². The molecule has 1 aliphatic rings. The lowest BCUT2D eigenvalue weighted by atomic mass is 9.85. The van der Waals surface area contributed by atoms with E-state index in [2.05, 4.69) is 42.5 Å². The van der Waals surface area contributed by atoms with Crippen molar-refractivity contribution in [1.82, 2.24) is 0 Å². The summed E-state index contributed by atoms with van der Waals surface area (Å²) in [6, 6.07) is 14.7. The van der Waals surface area contributed by atoms with E-state index in [9.17, 15) is 4.79 Å². The highest BCUT2D eigenvalue weighted by molar-refractivity contribution is 5.94. The summed E-state index contributed by atoms with van der Waals surface area (Å²) in [5.41, 5.74) is 2.54. The van der Waals surface area contributed by atoms with Gasteiger partial charge in [-0.05, 0) is 41.2 Å². The maximum Gasteiger partial charge on any atom is 0.306 e. The maximum absolute atomic E-state index is 11.0. The van der Waals surface area contributed by atoms with Gasteiger partial charge in [0.05, 0.1) is 5.92 Å². The summed E-state index contributed by atoms with van der Waals surface area (Å²) in [6.07, 6.45) is 4.34. The molecule has 2 aromatic carbocycles. The predicted octanol–water partition coefficient (Wildman–Crippen LogP) is 4.11. The molecule has 0 bridgehead atoms. The minimum atomic E-state index is -0.673. The Labute approximate surface area is 112 Å². The first-order valence-electron chi connectivity index (χ1n) is 6.65. The van der Waals surface area contributed by atoms with Gasteiger partial charge in [0.1, 0.15) is 0 Å². The van der Waals surface area contributed by atoms with Gasteiger partial charge < -0.3 is 5.11 Å². The molecule has 1 aliphatic carbocycles. The van der Waals surface area contributed by atoms with E-state index >= 15 is 0 Å². The van der Waals surface area contributed by atoms with E-state index in [1.54, 1.807) is 0 Å². The fourth-order valence-corrected chi connectivity index (χ4v) is 2.81. The van der Waals surface area contributed by atoms with E-state index < -0.39 is 5.97 Å². The highest BCUT2D eigenvalue weighted by atomic mass is 16.4. The van der Waals surface area contributed by atoms with E-state index in [-0.39, 0.29) is 5.92 Å². The number of rotatable bonds is 2. The molecule has 1 atom stereocenters. The zero-order valence-corrected chi connectivity index (χ0v) is 10.7. The Morgan fingerprint density at radius 3 is 2.63 bits per heavy atom. The van der Waals surface area contributed by atoms with Gasteiger partial charge >= 0.3 is 5.97 Å². The molecular formula is C17H16O2. The molecule has 0 amide bonds. The second kappa shape index (κ2) is 4.88.